The van der Waals surface area contributed by atoms with Crippen LogP contribution in [0, 0.1) is 5.92 Å². The SMILES string of the molecule is C[C@H]1CCCC[C@]12NC(=O)N(CC(=O)OCc1ccc(Br)cc1)C2=O. The molecule has 0 bridgehead atoms. The van der Waals surface area contributed by atoms with Crippen LogP contribution in [0.4, 0.5) is 4.79 Å². The number of amides is 3. The highest BCUT2D eigenvalue weighted by Crippen LogP contribution is 2.38. The van der Waals surface area contributed by atoms with Gasteiger partial charge in [0.15, 0.2) is 0 Å². The highest BCUT2D eigenvalue weighted by Gasteiger charge is 2.55. The minimum absolute atomic E-state index is 0.0708. The van der Waals surface area contributed by atoms with E-state index in [4.69, 9.17) is 4.74 Å². The van der Waals surface area contributed by atoms with Gasteiger partial charge in [-0.25, -0.2) is 4.79 Å². The molecule has 1 saturated carbocycles. The zero-order chi connectivity index (χ0) is 18.0. The van der Waals surface area contributed by atoms with Gasteiger partial charge in [0.2, 0.25) is 0 Å². The first-order valence-corrected chi connectivity index (χ1v) is 9.26. The Hall–Kier alpha value is -1.89. The zero-order valence-electron chi connectivity index (χ0n) is 14.1. The maximum absolute atomic E-state index is 12.8. The molecule has 2 atom stereocenters. The van der Waals surface area contributed by atoms with Crippen molar-refractivity contribution in [2.75, 3.05) is 6.54 Å². The van der Waals surface area contributed by atoms with Gasteiger partial charge in [-0.05, 0) is 36.5 Å². The maximum atomic E-state index is 12.8. The van der Waals surface area contributed by atoms with Crippen LogP contribution in [0.1, 0.15) is 38.2 Å². The number of benzene rings is 1. The quantitative estimate of drug-likeness (QED) is 0.613. The number of imide groups is 1. The van der Waals surface area contributed by atoms with Gasteiger partial charge in [-0.15, -0.1) is 0 Å². The fourth-order valence-corrected chi connectivity index (χ4v) is 3.82. The first-order chi connectivity index (χ1) is 11.9. The van der Waals surface area contributed by atoms with Crippen LogP contribution in [0.5, 0.6) is 0 Å². The van der Waals surface area contributed by atoms with E-state index in [-0.39, 0.29) is 25.0 Å². The van der Waals surface area contributed by atoms with Crippen molar-refractivity contribution >= 4 is 33.8 Å². The van der Waals surface area contributed by atoms with Crippen LogP contribution in [-0.4, -0.2) is 34.9 Å². The lowest BCUT2D eigenvalue weighted by Gasteiger charge is -2.36. The average molecular weight is 409 g/mol. The molecule has 0 unspecified atom stereocenters. The Balaban J connectivity index is 1.60. The van der Waals surface area contributed by atoms with E-state index in [1.165, 1.54) is 0 Å². The smallest absolute Gasteiger partial charge is 0.326 e. The second kappa shape index (κ2) is 7.15. The van der Waals surface area contributed by atoms with E-state index in [1.807, 2.05) is 31.2 Å². The van der Waals surface area contributed by atoms with Crippen LogP contribution >= 0.6 is 15.9 Å². The molecule has 2 aliphatic rings. The lowest BCUT2D eigenvalue weighted by atomic mass is 9.73. The van der Waals surface area contributed by atoms with E-state index in [1.54, 1.807) is 0 Å². The molecule has 1 aliphatic heterocycles. The predicted octanol–water partition coefficient (Wildman–Crippen LogP) is 2.99. The second-order valence-electron chi connectivity index (χ2n) is 6.73. The summed E-state index contributed by atoms with van der Waals surface area (Å²) < 4.78 is 6.14. The zero-order valence-corrected chi connectivity index (χ0v) is 15.7. The molecule has 1 aliphatic carbocycles. The van der Waals surface area contributed by atoms with Crippen molar-refractivity contribution < 1.29 is 19.1 Å². The molecule has 1 saturated heterocycles. The summed E-state index contributed by atoms with van der Waals surface area (Å²) in [4.78, 5) is 38.1. The van der Waals surface area contributed by atoms with E-state index in [0.717, 1.165) is 34.2 Å². The Morgan fingerprint density at radius 1 is 1.32 bits per heavy atom. The number of nitrogens with zero attached hydrogens (tertiary/aromatic N) is 1. The molecule has 1 aromatic carbocycles. The number of halogens is 1. The number of ether oxygens (including phenoxy) is 1. The highest BCUT2D eigenvalue weighted by molar-refractivity contribution is 9.10. The molecule has 3 rings (SSSR count). The van der Waals surface area contributed by atoms with E-state index in [0.29, 0.717) is 6.42 Å². The number of hydrogen-bond acceptors (Lipinski definition) is 4. The molecular weight excluding hydrogens is 388 g/mol. The fourth-order valence-electron chi connectivity index (χ4n) is 3.56. The van der Waals surface area contributed by atoms with Crippen LogP contribution in [0.2, 0.25) is 0 Å². The fraction of sp³-hybridized carbons (Fsp3) is 0.500. The van der Waals surface area contributed by atoms with Gasteiger partial charge in [0, 0.05) is 4.47 Å². The summed E-state index contributed by atoms with van der Waals surface area (Å²) in [7, 11) is 0. The molecule has 1 spiro atoms. The number of rotatable bonds is 4. The summed E-state index contributed by atoms with van der Waals surface area (Å²) in [6.45, 7) is 1.74. The molecule has 1 N–H and O–H groups in total. The van der Waals surface area contributed by atoms with E-state index in [2.05, 4.69) is 21.2 Å². The Morgan fingerprint density at radius 3 is 2.72 bits per heavy atom. The van der Waals surface area contributed by atoms with E-state index >= 15 is 0 Å². The minimum Gasteiger partial charge on any atom is -0.459 e. The molecule has 25 heavy (non-hydrogen) atoms. The van der Waals surface area contributed by atoms with Crippen LogP contribution in [0.25, 0.3) is 0 Å². The van der Waals surface area contributed by atoms with Crippen molar-refractivity contribution in [3.8, 4) is 0 Å². The van der Waals surface area contributed by atoms with Gasteiger partial charge in [-0.3, -0.25) is 14.5 Å². The summed E-state index contributed by atoms with van der Waals surface area (Å²) in [6.07, 6.45) is 3.48. The third kappa shape index (κ3) is 3.56. The molecule has 7 heteroatoms. The Bertz CT molecular complexity index is 691. The van der Waals surface area contributed by atoms with E-state index < -0.39 is 17.5 Å². The largest absolute Gasteiger partial charge is 0.459 e. The number of nitrogens with one attached hydrogen (secondary N) is 1. The Kier molecular flexibility index (Phi) is 5.13. The molecular formula is C18H21BrN2O4. The van der Waals surface area contributed by atoms with Crippen molar-refractivity contribution in [2.24, 2.45) is 5.92 Å². The van der Waals surface area contributed by atoms with E-state index in [9.17, 15) is 14.4 Å². The van der Waals surface area contributed by atoms with Gasteiger partial charge in [-0.1, -0.05) is 47.8 Å². The minimum atomic E-state index is -0.846. The van der Waals surface area contributed by atoms with Crippen molar-refractivity contribution in [3.63, 3.8) is 0 Å². The van der Waals surface area contributed by atoms with Gasteiger partial charge < -0.3 is 10.1 Å². The standard InChI is InChI=1S/C18H21BrN2O4/c1-12-4-2-3-9-18(12)16(23)21(17(24)20-18)10-15(22)25-11-13-5-7-14(19)8-6-13/h5-8,12H,2-4,9-11H2,1H3,(H,20,24)/t12-,18-/m0/s1. The number of hydrogen-bond donors (Lipinski definition) is 1. The summed E-state index contributed by atoms with van der Waals surface area (Å²) >= 11 is 3.34. The molecule has 1 aromatic rings. The molecule has 0 aromatic heterocycles. The first-order valence-electron chi connectivity index (χ1n) is 8.46. The lowest BCUT2D eigenvalue weighted by molar-refractivity contribution is -0.149. The van der Waals surface area contributed by atoms with Crippen LogP contribution in [-0.2, 0) is 20.9 Å². The van der Waals surface area contributed by atoms with Gasteiger partial charge in [0.05, 0.1) is 0 Å². The summed E-state index contributed by atoms with van der Waals surface area (Å²) in [5.74, 6) is -0.821. The number of carbonyl (C=O) groups excluding carboxylic acids is 3. The van der Waals surface area contributed by atoms with Gasteiger partial charge in [0.1, 0.15) is 18.7 Å². The van der Waals surface area contributed by atoms with Crippen LogP contribution in [0.15, 0.2) is 28.7 Å². The lowest BCUT2D eigenvalue weighted by Crippen LogP contribution is -2.54. The topological polar surface area (TPSA) is 75.7 Å². The third-order valence-corrected chi connectivity index (χ3v) is 5.63. The Morgan fingerprint density at radius 2 is 2.04 bits per heavy atom. The van der Waals surface area contributed by atoms with Gasteiger partial charge >= 0.3 is 12.0 Å². The molecule has 1 heterocycles. The molecule has 6 nitrogen and oxygen atoms in total. The predicted molar refractivity (Wildman–Crippen MR) is 94.5 cm³/mol. The molecule has 3 amide bonds. The average Bonchev–Trinajstić information content (AvgIpc) is 2.82. The van der Waals surface area contributed by atoms with Gasteiger partial charge in [0.25, 0.3) is 5.91 Å². The van der Waals surface area contributed by atoms with Crippen molar-refractivity contribution in [3.05, 3.63) is 34.3 Å². The monoisotopic (exact) mass is 408 g/mol. The first kappa shape index (κ1) is 17.9. The normalized spacial score (nSPS) is 26.0. The molecule has 0 radical (unpaired) electrons. The Labute approximate surface area is 155 Å². The molecule has 134 valence electrons. The van der Waals surface area contributed by atoms with Crippen LogP contribution in [0.3, 0.4) is 0 Å². The third-order valence-electron chi connectivity index (χ3n) is 5.10. The summed E-state index contributed by atoms with van der Waals surface area (Å²) in [5, 5.41) is 2.83. The summed E-state index contributed by atoms with van der Waals surface area (Å²) in [6, 6.07) is 6.89. The van der Waals surface area contributed by atoms with Crippen molar-refractivity contribution in [1.82, 2.24) is 10.2 Å². The van der Waals surface area contributed by atoms with Crippen molar-refractivity contribution in [2.45, 2.75) is 44.8 Å². The van der Waals surface area contributed by atoms with Crippen LogP contribution < -0.4 is 5.32 Å². The highest BCUT2D eigenvalue weighted by atomic mass is 79.9. The second-order valence-corrected chi connectivity index (χ2v) is 7.64. The maximum Gasteiger partial charge on any atom is 0.326 e. The van der Waals surface area contributed by atoms with Crippen molar-refractivity contribution in [1.29, 1.82) is 0 Å². The molecule has 2 fully saturated rings. The number of carbonyl (C=O) groups is 3. The van der Waals surface area contributed by atoms with Gasteiger partial charge in [-0.2, -0.15) is 0 Å². The summed E-state index contributed by atoms with van der Waals surface area (Å²) in [5.41, 5.74) is -0.00691. The number of esters is 1. The number of urea groups is 1.